The number of benzene rings is 1. The van der Waals surface area contributed by atoms with Crippen molar-refractivity contribution in [2.75, 3.05) is 24.2 Å². The number of nitrogens with two attached hydrogens (primary N) is 1. The zero-order valence-electron chi connectivity index (χ0n) is 8.37. The van der Waals surface area contributed by atoms with Gasteiger partial charge in [-0.3, -0.25) is 0 Å². The monoisotopic (exact) mass is 214 g/mol. The van der Waals surface area contributed by atoms with Gasteiger partial charge in [-0.25, -0.2) is 0 Å². The molecule has 4 heteroatoms. The van der Waals surface area contributed by atoms with Crippen molar-refractivity contribution in [1.82, 2.24) is 0 Å². The molecule has 0 spiro atoms. The number of hydrogen-bond acceptors (Lipinski definition) is 3. The Morgan fingerprint density at radius 2 is 2.21 bits per heavy atom. The summed E-state index contributed by atoms with van der Waals surface area (Å²) in [5.74, 6) is 0. The number of nitrogens with zero attached hydrogens (tertiary/aromatic N) is 1. The molecule has 0 aliphatic carbocycles. The smallest absolute Gasteiger partial charge is 0.0741 e. The molecular formula is C10H15ClN2O. The summed E-state index contributed by atoms with van der Waals surface area (Å²) in [7, 11) is 1.87. The first-order valence-corrected chi connectivity index (χ1v) is 4.83. The molecule has 0 bridgehead atoms. The molecule has 1 rings (SSSR count). The van der Waals surface area contributed by atoms with Gasteiger partial charge in [0.15, 0.2) is 0 Å². The van der Waals surface area contributed by atoms with Gasteiger partial charge in [0.25, 0.3) is 0 Å². The maximum Gasteiger partial charge on any atom is 0.0741 e. The predicted octanol–water partition coefficient (Wildman–Crippen LogP) is 1.74. The van der Waals surface area contributed by atoms with Gasteiger partial charge in [-0.05, 0) is 19.1 Å². The second kappa shape index (κ2) is 4.53. The third-order valence-corrected chi connectivity index (χ3v) is 2.31. The van der Waals surface area contributed by atoms with E-state index in [-0.39, 0.29) is 0 Å². The van der Waals surface area contributed by atoms with Gasteiger partial charge in [0.05, 0.1) is 22.5 Å². The molecule has 0 aliphatic rings. The van der Waals surface area contributed by atoms with Crippen LogP contribution < -0.4 is 10.6 Å². The number of likely N-dealkylation sites (N-methyl/N-ethyl adjacent to an activating group) is 1. The molecule has 1 unspecified atom stereocenters. The lowest BCUT2D eigenvalue weighted by Crippen LogP contribution is -2.27. The van der Waals surface area contributed by atoms with Crippen LogP contribution in [0.1, 0.15) is 6.92 Å². The summed E-state index contributed by atoms with van der Waals surface area (Å²) in [6.45, 7) is 2.27. The fourth-order valence-electron chi connectivity index (χ4n) is 1.35. The fraction of sp³-hybridized carbons (Fsp3) is 0.400. The number of halogens is 1. The lowest BCUT2D eigenvalue weighted by molar-refractivity contribution is 0.201. The molecule has 78 valence electrons. The van der Waals surface area contributed by atoms with Gasteiger partial charge in [0.1, 0.15) is 0 Å². The summed E-state index contributed by atoms with van der Waals surface area (Å²) < 4.78 is 0. The summed E-state index contributed by atoms with van der Waals surface area (Å²) in [6.07, 6.45) is -0.390. The van der Waals surface area contributed by atoms with Crippen LogP contribution in [0, 0.1) is 0 Å². The highest BCUT2D eigenvalue weighted by molar-refractivity contribution is 6.33. The van der Waals surface area contributed by atoms with Crippen LogP contribution in [-0.4, -0.2) is 24.8 Å². The summed E-state index contributed by atoms with van der Waals surface area (Å²) >= 11 is 5.88. The SMILES string of the molecule is CC(O)CN(C)c1cccc(Cl)c1N. The van der Waals surface area contributed by atoms with E-state index in [0.717, 1.165) is 5.69 Å². The molecule has 1 atom stereocenters. The molecule has 0 aliphatic heterocycles. The maximum atomic E-state index is 9.23. The van der Waals surface area contributed by atoms with Crippen molar-refractivity contribution in [3.8, 4) is 0 Å². The Hall–Kier alpha value is -0.930. The molecule has 0 fully saturated rings. The quantitative estimate of drug-likeness (QED) is 0.754. The van der Waals surface area contributed by atoms with E-state index in [0.29, 0.717) is 17.3 Å². The highest BCUT2D eigenvalue weighted by Gasteiger charge is 2.09. The first-order chi connectivity index (χ1) is 6.52. The average Bonchev–Trinajstić information content (AvgIpc) is 2.08. The van der Waals surface area contributed by atoms with Crippen molar-refractivity contribution in [3.63, 3.8) is 0 Å². The van der Waals surface area contributed by atoms with Gasteiger partial charge in [0, 0.05) is 13.6 Å². The Balaban J connectivity index is 2.89. The molecule has 1 aromatic rings. The van der Waals surface area contributed by atoms with Crippen molar-refractivity contribution >= 4 is 23.0 Å². The molecule has 0 aromatic heterocycles. The minimum Gasteiger partial charge on any atom is -0.396 e. The highest BCUT2D eigenvalue weighted by Crippen LogP contribution is 2.29. The normalized spacial score (nSPS) is 12.6. The van der Waals surface area contributed by atoms with Crippen molar-refractivity contribution in [1.29, 1.82) is 0 Å². The topological polar surface area (TPSA) is 49.5 Å². The zero-order valence-corrected chi connectivity index (χ0v) is 9.12. The number of aliphatic hydroxyl groups is 1. The van der Waals surface area contributed by atoms with Crippen LogP contribution in [0.15, 0.2) is 18.2 Å². The second-order valence-corrected chi connectivity index (χ2v) is 3.81. The van der Waals surface area contributed by atoms with Gasteiger partial charge >= 0.3 is 0 Å². The van der Waals surface area contributed by atoms with E-state index in [9.17, 15) is 5.11 Å². The minimum absolute atomic E-state index is 0.390. The molecule has 14 heavy (non-hydrogen) atoms. The van der Waals surface area contributed by atoms with Gasteiger partial charge in [-0.2, -0.15) is 0 Å². The van der Waals surface area contributed by atoms with Crippen molar-refractivity contribution in [3.05, 3.63) is 23.2 Å². The van der Waals surface area contributed by atoms with E-state index < -0.39 is 6.10 Å². The molecule has 0 heterocycles. The third kappa shape index (κ3) is 2.53. The highest BCUT2D eigenvalue weighted by atomic mass is 35.5. The zero-order chi connectivity index (χ0) is 10.7. The number of hydrogen-bond donors (Lipinski definition) is 2. The average molecular weight is 215 g/mol. The first-order valence-electron chi connectivity index (χ1n) is 4.45. The molecule has 3 nitrogen and oxygen atoms in total. The van der Waals surface area contributed by atoms with Crippen LogP contribution in [0.25, 0.3) is 0 Å². The number of para-hydroxylation sites is 1. The van der Waals surface area contributed by atoms with Crippen LogP contribution in [0.3, 0.4) is 0 Å². The Morgan fingerprint density at radius 3 is 2.79 bits per heavy atom. The number of nitrogen functional groups attached to an aromatic ring is 1. The van der Waals surface area contributed by atoms with E-state index in [1.165, 1.54) is 0 Å². The first kappa shape index (κ1) is 11.1. The predicted molar refractivity (Wildman–Crippen MR) is 60.8 cm³/mol. The van der Waals surface area contributed by atoms with E-state index in [1.807, 2.05) is 24.1 Å². The number of aliphatic hydroxyl groups excluding tert-OH is 1. The van der Waals surface area contributed by atoms with E-state index in [1.54, 1.807) is 13.0 Å². The van der Waals surface area contributed by atoms with Crippen LogP contribution in [-0.2, 0) is 0 Å². The summed E-state index contributed by atoms with van der Waals surface area (Å²) in [4.78, 5) is 1.88. The van der Waals surface area contributed by atoms with Gasteiger partial charge in [-0.15, -0.1) is 0 Å². The molecule has 1 aromatic carbocycles. The molecular weight excluding hydrogens is 200 g/mol. The number of anilines is 2. The van der Waals surface area contributed by atoms with Crippen molar-refractivity contribution < 1.29 is 5.11 Å². The lowest BCUT2D eigenvalue weighted by Gasteiger charge is -2.22. The minimum atomic E-state index is -0.390. The molecule has 0 amide bonds. The van der Waals surface area contributed by atoms with Crippen LogP contribution in [0.5, 0.6) is 0 Å². The standard InChI is InChI=1S/C10H15ClN2O/c1-7(14)6-13(2)9-5-3-4-8(11)10(9)12/h3-5,7,14H,6,12H2,1-2H3. The Labute approximate surface area is 89.1 Å². The Kier molecular flexibility index (Phi) is 3.61. The van der Waals surface area contributed by atoms with Crippen LogP contribution in [0.4, 0.5) is 11.4 Å². The largest absolute Gasteiger partial charge is 0.396 e. The lowest BCUT2D eigenvalue weighted by atomic mass is 10.2. The molecule has 0 saturated heterocycles. The van der Waals surface area contributed by atoms with Gasteiger partial charge in [-0.1, -0.05) is 17.7 Å². The van der Waals surface area contributed by atoms with E-state index in [4.69, 9.17) is 17.3 Å². The van der Waals surface area contributed by atoms with Gasteiger partial charge < -0.3 is 15.7 Å². The van der Waals surface area contributed by atoms with E-state index in [2.05, 4.69) is 0 Å². The second-order valence-electron chi connectivity index (χ2n) is 3.40. The van der Waals surface area contributed by atoms with Crippen LogP contribution in [0.2, 0.25) is 5.02 Å². The maximum absolute atomic E-state index is 9.23. The van der Waals surface area contributed by atoms with E-state index >= 15 is 0 Å². The van der Waals surface area contributed by atoms with Crippen molar-refractivity contribution in [2.24, 2.45) is 0 Å². The summed E-state index contributed by atoms with van der Waals surface area (Å²) in [5, 5.41) is 9.77. The Bertz CT molecular complexity index is 315. The fourth-order valence-corrected chi connectivity index (χ4v) is 1.52. The van der Waals surface area contributed by atoms with Crippen LogP contribution >= 0.6 is 11.6 Å². The van der Waals surface area contributed by atoms with Gasteiger partial charge in [0.2, 0.25) is 0 Å². The molecule has 0 radical (unpaired) electrons. The number of rotatable bonds is 3. The summed E-state index contributed by atoms with van der Waals surface area (Å²) in [5.41, 5.74) is 7.20. The summed E-state index contributed by atoms with van der Waals surface area (Å²) in [6, 6.07) is 5.47. The Morgan fingerprint density at radius 1 is 1.57 bits per heavy atom. The molecule has 0 saturated carbocycles. The molecule has 3 N–H and O–H groups in total. The third-order valence-electron chi connectivity index (χ3n) is 1.98. The van der Waals surface area contributed by atoms with Crippen molar-refractivity contribution in [2.45, 2.75) is 13.0 Å².